The van der Waals surface area contributed by atoms with E-state index in [0.29, 0.717) is 42.4 Å². The van der Waals surface area contributed by atoms with Crippen LogP contribution in [0.25, 0.3) is 0 Å². The maximum atomic E-state index is 5.76. The Hall–Kier alpha value is -1.38. The fraction of sp³-hybridized carbons (Fsp3) is 0.533. The molecule has 1 atom stereocenters. The summed E-state index contributed by atoms with van der Waals surface area (Å²) in [5.74, 6) is 2.49. The summed E-state index contributed by atoms with van der Waals surface area (Å²) in [5.41, 5.74) is 5.76. The maximum Gasteiger partial charge on any atom is 0.188 e. The molecule has 0 aliphatic rings. The molecule has 0 radical (unpaired) electrons. The molecule has 7 heteroatoms. The van der Waals surface area contributed by atoms with Crippen LogP contribution in [0.4, 0.5) is 0 Å². The summed E-state index contributed by atoms with van der Waals surface area (Å²) in [6, 6.07) is 5.70. The lowest BCUT2D eigenvalue weighted by atomic mass is 10.3. The number of hydrogen-bond donors (Lipinski definition) is 2. The van der Waals surface area contributed by atoms with E-state index >= 15 is 0 Å². The molecule has 0 heterocycles. The zero-order valence-corrected chi connectivity index (χ0v) is 15.9. The van der Waals surface area contributed by atoms with Gasteiger partial charge in [0.25, 0.3) is 0 Å². The monoisotopic (exact) mass is 423 g/mol. The Balaban J connectivity index is 0.00000441. The van der Waals surface area contributed by atoms with Crippen LogP contribution in [0.2, 0.25) is 0 Å². The highest BCUT2D eigenvalue weighted by atomic mass is 127. The van der Waals surface area contributed by atoms with Crippen molar-refractivity contribution in [1.29, 1.82) is 0 Å². The van der Waals surface area contributed by atoms with Crippen molar-refractivity contribution < 1.29 is 14.2 Å². The second-order valence-corrected chi connectivity index (χ2v) is 4.62. The molecule has 0 aliphatic heterocycles. The summed E-state index contributed by atoms with van der Waals surface area (Å²) in [7, 11) is 3.20. The fourth-order valence-electron chi connectivity index (χ4n) is 1.59. The van der Waals surface area contributed by atoms with Crippen LogP contribution in [0.1, 0.15) is 20.3 Å². The summed E-state index contributed by atoms with van der Waals surface area (Å²) in [6.45, 7) is 5.06. The van der Waals surface area contributed by atoms with Gasteiger partial charge in [0.05, 0.1) is 20.8 Å². The standard InChI is InChI=1S/C15H25N3O3.HI/c1-5-11(2)18-15(16)17-6-7-21-14-9-12(19-3)8-13(10-14)20-4;/h8-11H,5-7H2,1-4H3,(H3,16,17,18);1H. The molecule has 6 nitrogen and oxygen atoms in total. The van der Waals surface area contributed by atoms with Gasteiger partial charge in [-0.25, -0.2) is 4.99 Å². The van der Waals surface area contributed by atoms with E-state index in [1.807, 2.05) is 0 Å². The first-order valence-corrected chi connectivity index (χ1v) is 7.01. The number of nitrogens with two attached hydrogens (primary N) is 1. The quantitative estimate of drug-likeness (QED) is 0.291. The normalized spacial score (nSPS) is 12.1. The van der Waals surface area contributed by atoms with E-state index in [0.717, 1.165) is 6.42 Å². The van der Waals surface area contributed by atoms with Gasteiger partial charge in [-0.15, -0.1) is 24.0 Å². The smallest absolute Gasteiger partial charge is 0.188 e. The van der Waals surface area contributed by atoms with Crippen LogP contribution in [0.5, 0.6) is 17.2 Å². The molecule has 126 valence electrons. The van der Waals surface area contributed by atoms with E-state index in [1.54, 1.807) is 32.4 Å². The minimum absolute atomic E-state index is 0. The minimum Gasteiger partial charge on any atom is -0.496 e. The molecule has 0 saturated heterocycles. The summed E-state index contributed by atoms with van der Waals surface area (Å²) < 4.78 is 16.0. The van der Waals surface area contributed by atoms with Crippen molar-refractivity contribution >= 4 is 29.9 Å². The Morgan fingerprint density at radius 2 is 1.73 bits per heavy atom. The zero-order valence-electron chi connectivity index (χ0n) is 13.6. The van der Waals surface area contributed by atoms with Crippen molar-refractivity contribution in [2.24, 2.45) is 10.7 Å². The lowest BCUT2D eigenvalue weighted by Crippen LogP contribution is -2.38. The van der Waals surface area contributed by atoms with Gasteiger partial charge in [0.2, 0.25) is 0 Å². The number of halogens is 1. The molecule has 0 fully saturated rings. The Morgan fingerprint density at radius 1 is 1.18 bits per heavy atom. The fourth-order valence-corrected chi connectivity index (χ4v) is 1.59. The Labute approximate surface area is 149 Å². The van der Waals surface area contributed by atoms with E-state index in [-0.39, 0.29) is 24.0 Å². The van der Waals surface area contributed by atoms with Crippen molar-refractivity contribution in [2.75, 3.05) is 27.4 Å². The summed E-state index contributed by atoms with van der Waals surface area (Å²) in [5, 5.41) is 3.10. The third-order valence-electron chi connectivity index (χ3n) is 2.97. The van der Waals surface area contributed by atoms with Gasteiger partial charge in [-0.3, -0.25) is 0 Å². The molecule has 0 saturated carbocycles. The van der Waals surface area contributed by atoms with Crippen molar-refractivity contribution in [3.63, 3.8) is 0 Å². The number of guanidine groups is 1. The van der Waals surface area contributed by atoms with E-state index in [9.17, 15) is 0 Å². The molecule has 0 aliphatic carbocycles. The van der Waals surface area contributed by atoms with Crippen LogP contribution in [0.15, 0.2) is 23.2 Å². The summed E-state index contributed by atoms with van der Waals surface area (Å²) >= 11 is 0. The zero-order chi connectivity index (χ0) is 15.7. The summed E-state index contributed by atoms with van der Waals surface area (Å²) in [6.07, 6.45) is 0.996. The molecular weight excluding hydrogens is 397 g/mol. The first-order valence-electron chi connectivity index (χ1n) is 7.01. The Morgan fingerprint density at radius 3 is 2.23 bits per heavy atom. The molecule has 1 aromatic carbocycles. The molecule has 0 spiro atoms. The molecule has 1 aromatic rings. The van der Waals surface area contributed by atoms with Crippen LogP contribution in [-0.2, 0) is 0 Å². The lowest BCUT2D eigenvalue weighted by Gasteiger charge is -2.12. The number of rotatable bonds is 8. The molecule has 3 N–H and O–H groups in total. The Bertz CT molecular complexity index is 447. The van der Waals surface area contributed by atoms with Crippen LogP contribution in [0, 0.1) is 0 Å². The van der Waals surface area contributed by atoms with Crippen molar-refractivity contribution in [3.05, 3.63) is 18.2 Å². The lowest BCUT2D eigenvalue weighted by molar-refractivity contribution is 0.321. The average Bonchev–Trinajstić information content (AvgIpc) is 2.50. The molecular formula is C15H26IN3O3. The van der Waals surface area contributed by atoms with Gasteiger partial charge >= 0.3 is 0 Å². The molecule has 1 unspecified atom stereocenters. The first kappa shape index (κ1) is 20.6. The number of ether oxygens (including phenoxy) is 3. The molecule has 0 aromatic heterocycles. The number of methoxy groups -OCH3 is 2. The number of nitrogens with zero attached hydrogens (tertiary/aromatic N) is 1. The van der Waals surface area contributed by atoms with Gasteiger partial charge in [0, 0.05) is 24.2 Å². The van der Waals surface area contributed by atoms with E-state index in [2.05, 4.69) is 24.2 Å². The highest BCUT2D eigenvalue weighted by Crippen LogP contribution is 2.27. The van der Waals surface area contributed by atoms with Crippen molar-refractivity contribution in [3.8, 4) is 17.2 Å². The van der Waals surface area contributed by atoms with Gasteiger partial charge in [-0.1, -0.05) is 6.92 Å². The molecule has 1 rings (SSSR count). The van der Waals surface area contributed by atoms with Crippen molar-refractivity contribution in [2.45, 2.75) is 26.3 Å². The van der Waals surface area contributed by atoms with Gasteiger partial charge in [-0.05, 0) is 13.3 Å². The Kier molecular flexibility index (Phi) is 10.5. The second kappa shape index (κ2) is 11.2. The van der Waals surface area contributed by atoms with Crippen LogP contribution in [0.3, 0.4) is 0 Å². The molecule has 22 heavy (non-hydrogen) atoms. The van der Waals surface area contributed by atoms with Crippen LogP contribution in [-0.4, -0.2) is 39.4 Å². The van der Waals surface area contributed by atoms with E-state index in [1.165, 1.54) is 0 Å². The van der Waals surface area contributed by atoms with E-state index < -0.39 is 0 Å². The average molecular weight is 423 g/mol. The molecule has 0 bridgehead atoms. The van der Waals surface area contributed by atoms with Gasteiger partial charge in [-0.2, -0.15) is 0 Å². The molecule has 0 amide bonds. The van der Waals surface area contributed by atoms with E-state index in [4.69, 9.17) is 19.9 Å². The third-order valence-corrected chi connectivity index (χ3v) is 2.97. The number of nitrogens with one attached hydrogen (secondary N) is 1. The minimum atomic E-state index is 0. The van der Waals surface area contributed by atoms with Crippen LogP contribution >= 0.6 is 24.0 Å². The number of aliphatic imine (C=N–C) groups is 1. The highest BCUT2D eigenvalue weighted by molar-refractivity contribution is 14.0. The third kappa shape index (κ3) is 7.58. The first-order chi connectivity index (χ1) is 10.1. The van der Waals surface area contributed by atoms with Crippen LogP contribution < -0.4 is 25.3 Å². The SMILES string of the molecule is CCC(C)NC(N)=NCCOc1cc(OC)cc(OC)c1.I. The summed E-state index contributed by atoms with van der Waals surface area (Å²) in [4.78, 5) is 4.21. The maximum absolute atomic E-state index is 5.76. The van der Waals surface area contributed by atoms with Gasteiger partial charge < -0.3 is 25.3 Å². The predicted octanol–water partition coefficient (Wildman–Crippen LogP) is 2.40. The number of benzene rings is 1. The highest BCUT2D eigenvalue weighted by Gasteiger charge is 2.03. The van der Waals surface area contributed by atoms with Gasteiger partial charge in [0.1, 0.15) is 23.9 Å². The van der Waals surface area contributed by atoms with Gasteiger partial charge in [0.15, 0.2) is 5.96 Å². The predicted molar refractivity (Wildman–Crippen MR) is 99.8 cm³/mol. The van der Waals surface area contributed by atoms with Crippen molar-refractivity contribution in [1.82, 2.24) is 5.32 Å². The largest absolute Gasteiger partial charge is 0.496 e. The second-order valence-electron chi connectivity index (χ2n) is 4.62. The number of hydrogen-bond acceptors (Lipinski definition) is 4. The topological polar surface area (TPSA) is 78.1 Å².